The van der Waals surface area contributed by atoms with Gasteiger partial charge in [0.25, 0.3) is 11.8 Å². The molecule has 1 aliphatic carbocycles. The summed E-state index contributed by atoms with van der Waals surface area (Å²) in [4.78, 5) is 25.2. The van der Waals surface area contributed by atoms with Gasteiger partial charge in [-0.1, -0.05) is 11.6 Å². The molecule has 0 bridgehead atoms. The van der Waals surface area contributed by atoms with Crippen LogP contribution in [0, 0.1) is 18.7 Å². The maximum atomic E-state index is 13.1. The fourth-order valence-electron chi connectivity index (χ4n) is 2.60. The molecule has 0 spiro atoms. The fourth-order valence-corrected chi connectivity index (χ4v) is 3.84. The predicted octanol–water partition coefficient (Wildman–Crippen LogP) is 3.57. The van der Waals surface area contributed by atoms with Crippen LogP contribution in [0.5, 0.6) is 0 Å². The lowest BCUT2D eigenvalue weighted by molar-refractivity contribution is 0.0952. The number of hydrogen-bond acceptors (Lipinski definition) is 4. The van der Waals surface area contributed by atoms with Crippen molar-refractivity contribution in [2.75, 3.05) is 11.9 Å². The molecule has 26 heavy (non-hydrogen) atoms. The van der Waals surface area contributed by atoms with Crippen molar-refractivity contribution in [3.8, 4) is 0 Å². The van der Waals surface area contributed by atoms with Crippen LogP contribution in [0.2, 0.25) is 5.02 Å². The molecule has 1 unspecified atom stereocenters. The summed E-state index contributed by atoms with van der Waals surface area (Å²) in [5.74, 6) is -0.667. The van der Waals surface area contributed by atoms with Crippen LogP contribution in [0.3, 0.4) is 0 Å². The van der Waals surface area contributed by atoms with E-state index in [1.807, 2.05) is 0 Å². The number of thiophene rings is 1. The van der Waals surface area contributed by atoms with Crippen molar-refractivity contribution in [3.63, 3.8) is 0 Å². The van der Waals surface area contributed by atoms with E-state index >= 15 is 0 Å². The Morgan fingerprint density at radius 3 is 2.73 bits per heavy atom. The van der Waals surface area contributed by atoms with Crippen LogP contribution in [-0.2, 0) is 0 Å². The third-order valence-electron chi connectivity index (χ3n) is 4.26. The molecule has 2 aromatic rings. The van der Waals surface area contributed by atoms with Crippen LogP contribution >= 0.6 is 22.9 Å². The summed E-state index contributed by atoms with van der Waals surface area (Å²) in [7, 11) is 0. The van der Waals surface area contributed by atoms with Gasteiger partial charge in [-0.15, -0.1) is 11.3 Å². The lowest BCUT2D eigenvalue weighted by Crippen LogP contribution is -2.38. The molecule has 5 nitrogen and oxygen atoms in total. The van der Waals surface area contributed by atoms with Gasteiger partial charge in [0.2, 0.25) is 0 Å². The molecule has 1 heterocycles. The number of nitrogens with two attached hydrogens (primary N) is 1. The Labute approximate surface area is 159 Å². The van der Waals surface area contributed by atoms with Crippen molar-refractivity contribution in [1.82, 2.24) is 5.32 Å². The van der Waals surface area contributed by atoms with E-state index in [4.69, 9.17) is 17.3 Å². The van der Waals surface area contributed by atoms with Gasteiger partial charge in [0.15, 0.2) is 0 Å². The van der Waals surface area contributed by atoms with Gasteiger partial charge in [0, 0.05) is 12.6 Å². The molecule has 8 heteroatoms. The number of benzene rings is 1. The van der Waals surface area contributed by atoms with Crippen molar-refractivity contribution >= 4 is 39.8 Å². The molecule has 4 N–H and O–H groups in total. The summed E-state index contributed by atoms with van der Waals surface area (Å²) in [6.07, 6.45) is 2.24. The van der Waals surface area contributed by atoms with E-state index in [0.29, 0.717) is 22.3 Å². The average Bonchev–Trinajstić information content (AvgIpc) is 3.36. The summed E-state index contributed by atoms with van der Waals surface area (Å²) < 4.78 is 13.1. The zero-order valence-electron chi connectivity index (χ0n) is 14.1. The second-order valence-electron chi connectivity index (χ2n) is 6.41. The monoisotopic (exact) mass is 395 g/mol. The van der Waals surface area contributed by atoms with Crippen LogP contribution in [0.1, 0.15) is 38.4 Å². The molecule has 2 amide bonds. The van der Waals surface area contributed by atoms with Crippen LogP contribution < -0.4 is 16.4 Å². The van der Waals surface area contributed by atoms with E-state index in [-0.39, 0.29) is 22.5 Å². The molecule has 138 valence electrons. The summed E-state index contributed by atoms with van der Waals surface area (Å²) in [6.45, 7) is 2.24. The van der Waals surface area contributed by atoms with E-state index < -0.39 is 11.7 Å². The second kappa shape index (κ2) is 7.73. The third-order valence-corrected chi connectivity index (χ3v) is 5.73. The van der Waals surface area contributed by atoms with Gasteiger partial charge in [0.05, 0.1) is 20.5 Å². The molecule has 1 aromatic carbocycles. The van der Waals surface area contributed by atoms with Gasteiger partial charge in [0.1, 0.15) is 5.82 Å². The van der Waals surface area contributed by atoms with E-state index in [1.165, 1.54) is 23.5 Å². The number of rotatable bonds is 6. The Hall–Kier alpha value is -1.96. The van der Waals surface area contributed by atoms with Gasteiger partial charge >= 0.3 is 0 Å². The largest absolute Gasteiger partial charge is 0.350 e. The first-order valence-corrected chi connectivity index (χ1v) is 9.45. The maximum Gasteiger partial charge on any atom is 0.261 e. The second-order valence-corrected chi connectivity index (χ2v) is 7.87. The molecule has 0 radical (unpaired) electrons. The molecule has 1 atom stereocenters. The summed E-state index contributed by atoms with van der Waals surface area (Å²) >= 11 is 7.08. The first-order valence-electron chi connectivity index (χ1n) is 8.25. The number of hydrogen-bond donors (Lipinski definition) is 3. The van der Waals surface area contributed by atoms with Gasteiger partial charge in [-0.3, -0.25) is 9.59 Å². The highest BCUT2D eigenvalue weighted by Crippen LogP contribution is 2.31. The molecule has 1 aliphatic rings. The smallest absolute Gasteiger partial charge is 0.261 e. The maximum absolute atomic E-state index is 13.1. The van der Waals surface area contributed by atoms with Crippen molar-refractivity contribution in [2.24, 2.45) is 11.7 Å². The van der Waals surface area contributed by atoms with Crippen molar-refractivity contribution in [2.45, 2.75) is 25.8 Å². The fraction of sp³-hybridized carbons (Fsp3) is 0.333. The van der Waals surface area contributed by atoms with Crippen LogP contribution in [0.25, 0.3) is 0 Å². The lowest BCUT2D eigenvalue weighted by Gasteiger charge is -2.11. The highest BCUT2D eigenvalue weighted by Gasteiger charge is 2.28. The van der Waals surface area contributed by atoms with E-state index in [0.717, 1.165) is 24.5 Å². The predicted molar refractivity (Wildman–Crippen MR) is 101 cm³/mol. The number of carbonyl (C=O) groups excluding carboxylic acids is 2. The minimum atomic E-state index is -0.512. The van der Waals surface area contributed by atoms with Gasteiger partial charge in [-0.25, -0.2) is 4.39 Å². The Kier molecular flexibility index (Phi) is 5.60. The molecule has 0 saturated heterocycles. The lowest BCUT2D eigenvalue weighted by atomic mass is 10.2. The van der Waals surface area contributed by atoms with Gasteiger partial charge < -0.3 is 16.4 Å². The number of aryl methyl sites for hydroxylation is 1. The van der Waals surface area contributed by atoms with Crippen molar-refractivity contribution in [3.05, 3.63) is 51.1 Å². The average molecular weight is 396 g/mol. The molecule has 1 aromatic heterocycles. The van der Waals surface area contributed by atoms with Crippen LogP contribution in [0.15, 0.2) is 24.3 Å². The molecule has 1 saturated carbocycles. The van der Waals surface area contributed by atoms with E-state index in [9.17, 15) is 14.0 Å². The SMILES string of the molecule is Cc1cc(NC(=O)c2ccc(F)cc2Cl)sc1C(=O)NCC(N)C1CC1. The number of anilines is 1. The van der Waals surface area contributed by atoms with Gasteiger partial charge in [-0.05, 0) is 55.5 Å². The third kappa shape index (κ3) is 4.41. The van der Waals surface area contributed by atoms with E-state index in [1.54, 1.807) is 13.0 Å². The minimum Gasteiger partial charge on any atom is -0.350 e. The first kappa shape index (κ1) is 18.8. The topological polar surface area (TPSA) is 84.2 Å². The standard InChI is InChI=1S/C18H19ClFN3O2S/c1-9-6-15(23-17(24)12-5-4-11(20)7-13(12)19)26-16(9)18(25)22-8-14(21)10-2-3-10/h4-7,10,14H,2-3,8,21H2,1H3,(H,22,25)(H,23,24). The Balaban J connectivity index is 1.65. The number of nitrogens with one attached hydrogen (secondary N) is 2. The van der Waals surface area contributed by atoms with Gasteiger partial charge in [-0.2, -0.15) is 0 Å². The number of halogens is 2. The Bertz CT molecular complexity index is 851. The summed E-state index contributed by atoms with van der Waals surface area (Å²) in [5, 5.41) is 6.09. The Morgan fingerprint density at radius 2 is 2.08 bits per heavy atom. The number of amides is 2. The number of carbonyl (C=O) groups is 2. The zero-order valence-corrected chi connectivity index (χ0v) is 15.7. The molecular formula is C18H19ClFN3O2S. The zero-order chi connectivity index (χ0) is 18.8. The minimum absolute atomic E-state index is 0.0148. The molecule has 1 fully saturated rings. The van der Waals surface area contributed by atoms with Crippen molar-refractivity contribution < 1.29 is 14.0 Å². The molecular weight excluding hydrogens is 377 g/mol. The Morgan fingerprint density at radius 1 is 1.35 bits per heavy atom. The summed E-state index contributed by atoms with van der Waals surface area (Å²) in [6, 6.07) is 5.27. The highest BCUT2D eigenvalue weighted by atomic mass is 35.5. The van der Waals surface area contributed by atoms with Crippen LogP contribution in [-0.4, -0.2) is 24.4 Å². The van der Waals surface area contributed by atoms with Crippen molar-refractivity contribution in [1.29, 1.82) is 0 Å². The summed E-state index contributed by atoms with van der Waals surface area (Å²) in [5.41, 5.74) is 6.92. The normalized spacial score (nSPS) is 14.8. The first-order chi connectivity index (χ1) is 12.3. The van der Waals surface area contributed by atoms with Crippen LogP contribution in [0.4, 0.5) is 9.39 Å². The molecule has 3 rings (SSSR count). The quantitative estimate of drug-likeness (QED) is 0.699. The van der Waals surface area contributed by atoms with E-state index in [2.05, 4.69) is 10.6 Å². The highest BCUT2D eigenvalue weighted by molar-refractivity contribution is 7.18. The molecule has 0 aliphatic heterocycles.